The molecule has 0 amide bonds. The fourth-order valence-corrected chi connectivity index (χ4v) is 4.84. The van der Waals surface area contributed by atoms with Crippen LogP contribution in [-0.4, -0.2) is 29.3 Å². The summed E-state index contributed by atoms with van der Waals surface area (Å²) in [5.74, 6) is -2.56. The molecule has 1 unspecified atom stereocenters. The second-order valence-corrected chi connectivity index (χ2v) is 20.2. The van der Waals surface area contributed by atoms with Gasteiger partial charge in [-0.15, -0.1) is 0 Å². The van der Waals surface area contributed by atoms with Crippen molar-refractivity contribution in [1.29, 1.82) is 0 Å². The van der Waals surface area contributed by atoms with Gasteiger partial charge in [0.15, 0.2) is 0 Å². The molecule has 1 aliphatic carbocycles. The van der Waals surface area contributed by atoms with Gasteiger partial charge in [0.25, 0.3) is 0 Å². The van der Waals surface area contributed by atoms with E-state index in [1.165, 1.54) is 0 Å². The Balaban J connectivity index is 2.39. The topological polar surface area (TPSA) is 12.9 Å². The first-order valence-electron chi connectivity index (χ1n) is 5.53. The maximum atomic E-state index is 13.3. The molecule has 0 aromatic carbocycles. The third kappa shape index (κ3) is 1.87. The molecule has 1 heterocycles. The minimum atomic E-state index is -2.56. The van der Waals surface area contributed by atoms with Gasteiger partial charge in [-0.2, -0.15) is 0 Å². The maximum absolute atomic E-state index is 13.3. The number of alkyl halides is 2. The van der Waals surface area contributed by atoms with Crippen molar-refractivity contribution in [1.82, 2.24) is 4.98 Å². The molecule has 0 N–H and O–H groups in total. The summed E-state index contributed by atoms with van der Waals surface area (Å²) < 4.78 is 27.6. The minimum absolute atomic E-state index is 0.0594. The van der Waals surface area contributed by atoms with Crippen LogP contribution in [0, 0.1) is 0 Å². The molecule has 0 radical (unpaired) electrons. The Hall–Kier alpha value is -0.191. The van der Waals surface area contributed by atoms with E-state index in [-0.39, 0.29) is 6.42 Å². The molecule has 1 fully saturated rings. The van der Waals surface area contributed by atoms with Crippen molar-refractivity contribution in [2.75, 3.05) is 0 Å². The van der Waals surface area contributed by atoms with Crippen molar-refractivity contribution in [3.63, 3.8) is 0 Å². The van der Waals surface area contributed by atoms with Crippen LogP contribution in [0.15, 0.2) is 18.2 Å². The van der Waals surface area contributed by atoms with E-state index < -0.39 is 29.7 Å². The van der Waals surface area contributed by atoms with Crippen molar-refractivity contribution in [3.05, 3.63) is 23.9 Å². The molecule has 1 nitrogen and oxygen atoms in total. The molecule has 1 aromatic rings. The normalized spacial score (nSPS) is 27.9. The van der Waals surface area contributed by atoms with Crippen molar-refractivity contribution < 1.29 is 8.78 Å². The van der Waals surface area contributed by atoms with Gasteiger partial charge in [0.1, 0.15) is 0 Å². The molecule has 1 atom stereocenters. The summed E-state index contributed by atoms with van der Waals surface area (Å²) in [6.07, 6.45) is -0.0594. The number of hydrogen-bond acceptors (Lipinski definition) is 1. The second-order valence-electron chi connectivity index (χ2n) is 5.87. The van der Waals surface area contributed by atoms with Crippen LogP contribution < -0.4 is 3.71 Å². The Labute approximate surface area is 99.1 Å². The molecule has 1 aliphatic rings. The molecule has 88 valence electrons. The Morgan fingerprint density at radius 2 is 1.81 bits per heavy atom. The summed E-state index contributed by atoms with van der Waals surface area (Å²) in [4.78, 5) is 11.2. The van der Waals surface area contributed by atoms with Gasteiger partial charge in [-0.1, -0.05) is 0 Å². The summed E-state index contributed by atoms with van der Waals surface area (Å²) in [6, 6.07) is 5.60. The summed E-state index contributed by atoms with van der Waals surface area (Å²) in [6.45, 7) is 1.61. The predicted molar refractivity (Wildman–Crippen MR) is 64.1 cm³/mol. The van der Waals surface area contributed by atoms with Crippen LogP contribution >= 0.6 is 0 Å². The van der Waals surface area contributed by atoms with Crippen LogP contribution in [0.1, 0.15) is 19.0 Å². The molecule has 16 heavy (non-hydrogen) atoms. The van der Waals surface area contributed by atoms with Gasteiger partial charge >= 0.3 is 99.2 Å². The van der Waals surface area contributed by atoms with Crippen molar-refractivity contribution in [3.8, 4) is 0 Å². The second kappa shape index (κ2) is 3.40. The number of nitrogens with zero attached hydrogens (tertiary/aromatic N) is 1. The average Bonchev–Trinajstić information content (AvgIpc) is 2.66. The molecule has 2 rings (SSSR count). The van der Waals surface area contributed by atoms with Crippen LogP contribution in [0.25, 0.3) is 0 Å². The van der Waals surface area contributed by atoms with Gasteiger partial charge < -0.3 is 0 Å². The summed E-state index contributed by atoms with van der Waals surface area (Å²) in [7, 11) is 0. The van der Waals surface area contributed by atoms with Crippen LogP contribution in [0.2, 0.25) is 14.8 Å². The average molecular weight is 332 g/mol. The van der Waals surface area contributed by atoms with E-state index in [2.05, 4.69) is 19.8 Å². The molecule has 0 spiro atoms. The monoisotopic (exact) mass is 333 g/mol. The third-order valence-electron chi connectivity index (χ3n) is 3.34. The van der Waals surface area contributed by atoms with E-state index in [9.17, 15) is 8.78 Å². The molecule has 0 bridgehead atoms. The fourth-order valence-electron chi connectivity index (χ4n) is 1.84. The molecule has 4 heteroatoms. The van der Waals surface area contributed by atoms with E-state index in [1.807, 2.05) is 12.1 Å². The van der Waals surface area contributed by atoms with E-state index in [4.69, 9.17) is 0 Å². The van der Waals surface area contributed by atoms with Crippen molar-refractivity contribution in [2.45, 2.75) is 39.5 Å². The fraction of sp³-hybridized carbons (Fsp3) is 0.583. The zero-order valence-corrected chi connectivity index (χ0v) is 13.0. The predicted octanol–water partition coefficient (Wildman–Crippen LogP) is 2.92. The zero-order valence-electron chi connectivity index (χ0n) is 10.1. The number of aromatic nitrogens is 1. The van der Waals surface area contributed by atoms with Crippen molar-refractivity contribution in [2.24, 2.45) is 0 Å². The number of pyridine rings is 1. The Morgan fingerprint density at radius 1 is 1.25 bits per heavy atom. The van der Waals surface area contributed by atoms with Gasteiger partial charge in [0, 0.05) is 0 Å². The van der Waals surface area contributed by atoms with Crippen LogP contribution in [0.4, 0.5) is 8.78 Å². The molecule has 0 aliphatic heterocycles. The first kappa shape index (κ1) is 12.3. The molecule has 1 saturated carbocycles. The standard InChI is InChI=1S/C9H8F2N.3CH3.Sn/c1-8(6-9(8,10)11)7-4-2-3-5-12-7;;;;/h2-4H,6H2,1H3;3*1H3;. The van der Waals surface area contributed by atoms with Gasteiger partial charge in [0.05, 0.1) is 0 Å². The molecule has 1 aromatic heterocycles. The Morgan fingerprint density at radius 3 is 2.25 bits per heavy atom. The van der Waals surface area contributed by atoms with Crippen LogP contribution in [0.3, 0.4) is 0 Å². The van der Waals surface area contributed by atoms with Crippen LogP contribution in [-0.2, 0) is 5.41 Å². The molecular weight excluding hydrogens is 315 g/mol. The van der Waals surface area contributed by atoms with Crippen molar-refractivity contribution >= 4 is 22.1 Å². The quantitative estimate of drug-likeness (QED) is 0.759. The number of rotatable bonds is 2. The van der Waals surface area contributed by atoms with Gasteiger partial charge in [-0.25, -0.2) is 0 Å². The summed E-state index contributed by atoms with van der Waals surface area (Å²) in [5, 5.41) is 0. The van der Waals surface area contributed by atoms with E-state index in [0.29, 0.717) is 5.69 Å². The zero-order chi connectivity index (χ0) is 12.2. The molecule has 0 saturated heterocycles. The van der Waals surface area contributed by atoms with Crippen LogP contribution in [0.5, 0.6) is 0 Å². The molecular formula is C12H17F2NSn. The number of halogens is 2. The first-order valence-corrected chi connectivity index (χ1v) is 15.5. The third-order valence-corrected chi connectivity index (χ3v) is 8.52. The van der Waals surface area contributed by atoms with Gasteiger partial charge in [-0.3, -0.25) is 0 Å². The first-order chi connectivity index (χ1) is 7.17. The van der Waals surface area contributed by atoms with E-state index >= 15 is 0 Å². The Bertz CT molecular complexity index is 425. The van der Waals surface area contributed by atoms with Gasteiger partial charge in [0.2, 0.25) is 0 Å². The SMILES string of the molecule is CC1(c2ccc[c]([Sn]([CH3])([CH3])[CH3])n2)CC1(F)F. The summed E-state index contributed by atoms with van der Waals surface area (Å²) >= 11 is -2.24. The van der Waals surface area contributed by atoms with E-state index in [1.54, 1.807) is 13.0 Å². The Kier molecular flexibility index (Phi) is 2.61. The van der Waals surface area contributed by atoms with Gasteiger partial charge in [-0.05, 0) is 0 Å². The summed E-state index contributed by atoms with van der Waals surface area (Å²) in [5.41, 5.74) is -0.443. The number of hydrogen-bond donors (Lipinski definition) is 0. The van der Waals surface area contributed by atoms with E-state index in [0.717, 1.165) is 3.71 Å².